The molecule has 5 nitrogen and oxygen atoms in total. The van der Waals surface area contributed by atoms with E-state index in [4.69, 9.17) is 9.47 Å². The lowest BCUT2D eigenvalue weighted by atomic mass is 10.2. The van der Waals surface area contributed by atoms with Crippen molar-refractivity contribution in [2.75, 3.05) is 13.7 Å². The van der Waals surface area contributed by atoms with Crippen LogP contribution in [0.2, 0.25) is 0 Å². The summed E-state index contributed by atoms with van der Waals surface area (Å²) in [4.78, 5) is 8.23. The van der Waals surface area contributed by atoms with Crippen LogP contribution in [0.4, 0.5) is 0 Å². The number of ether oxygens (including phenoxy) is 2. The molecule has 0 aliphatic carbocycles. The van der Waals surface area contributed by atoms with E-state index in [1.54, 1.807) is 12.3 Å². The average Bonchev–Trinajstić information content (AvgIpc) is 2.40. The van der Waals surface area contributed by atoms with Crippen molar-refractivity contribution in [3.63, 3.8) is 0 Å². The number of nitrogens with one attached hydrogen (secondary N) is 1. The van der Waals surface area contributed by atoms with E-state index in [9.17, 15) is 0 Å². The van der Waals surface area contributed by atoms with Gasteiger partial charge < -0.3 is 14.8 Å². The van der Waals surface area contributed by atoms with Crippen molar-refractivity contribution in [2.24, 2.45) is 0 Å². The summed E-state index contributed by atoms with van der Waals surface area (Å²) < 4.78 is 10.9. The number of aromatic nitrogens is 2. The van der Waals surface area contributed by atoms with Gasteiger partial charge in [-0.05, 0) is 31.7 Å². The highest BCUT2D eigenvalue weighted by atomic mass is 16.5. The highest BCUT2D eigenvalue weighted by Gasteiger charge is 2.03. The average molecular weight is 259 g/mol. The van der Waals surface area contributed by atoms with Gasteiger partial charge >= 0.3 is 6.01 Å². The molecule has 1 heterocycles. The minimum Gasteiger partial charge on any atom is -0.478 e. The van der Waals surface area contributed by atoms with Crippen LogP contribution in [0.25, 0.3) is 0 Å². The molecule has 2 aromatic rings. The van der Waals surface area contributed by atoms with E-state index >= 15 is 0 Å². The molecule has 0 radical (unpaired) electrons. The van der Waals surface area contributed by atoms with Crippen molar-refractivity contribution in [1.29, 1.82) is 0 Å². The van der Waals surface area contributed by atoms with E-state index < -0.39 is 0 Å². The second-order valence-electron chi connectivity index (χ2n) is 3.89. The highest BCUT2D eigenvalue weighted by Crippen LogP contribution is 2.20. The Bertz CT molecular complexity index is 484. The summed E-state index contributed by atoms with van der Waals surface area (Å²) >= 11 is 0. The monoisotopic (exact) mass is 259 g/mol. The molecule has 0 aliphatic rings. The predicted molar refractivity (Wildman–Crippen MR) is 72.5 cm³/mol. The first-order valence-corrected chi connectivity index (χ1v) is 6.19. The maximum Gasteiger partial charge on any atom is 0.325 e. The van der Waals surface area contributed by atoms with E-state index in [0.717, 1.165) is 12.1 Å². The first kappa shape index (κ1) is 13.3. The molecular formula is C14H17N3O2. The molecule has 1 N–H and O–H groups in total. The molecule has 1 aromatic heterocycles. The molecule has 0 saturated carbocycles. The molecule has 0 spiro atoms. The van der Waals surface area contributed by atoms with Crippen LogP contribution in [-0.4, -0.2) is 23.6 Å². The number of hydrogen-bond donors (Lipinski definition) is 1. The molecule has 0 amide bonds. The minimum atomic E-state index is 0.285. The van der Waals surface area contributed by atoms with Crippen LogP contribution in [0, 0.1) is 0 Å². The molecular weight excluding hydrogens is 242 g/mol. The van der Waals surface area contributed by atoms with Crippen LogP contribution >= 0.6 is 0 Å². The minimum absolute atomic E-state index is 0.285. The second kappa shape index (κ2) is 6.70. The van der Waals surface area contributed by atoms with Gasteiger partial charge in [0.2, 0.25) is 5.88 Å². The third kappa shape index (κ3) is 3.93. The molecule has 5 heteroatoms. The normalized spacial score (nSPS) is 10.2. The van der Waals surface area contributed by atoms with Crippen molar-refractivity contribution >= 4 is 0 Å². The smallest absolute Gasteiger partial charge is 0.325 e. The van der Waals surface area contributed by atoms with Gasteiger partial charge in [0.15, 0.2) is 0 Å². The molecule has 0 fully saturated rings. The fourth-order valence-electron chi connectivity index (χ4n) is 1.63. The Kier molecular flexibility index (Phi) is 4.69. The second-order valence-corrected chi connectivity index (χ2v) is 3.89. The fraction of sp³-hybridized carbons (Fsp3) is 0.286. The summed E-state index contributed by atoms with van der Waals surface area (Å²) in [6.07, 6.45) is 1.62. The number of hydrogen-bond acceptors (Lipinski definition) is 5. The van der Waals surface area contributed by atoms with E-state index in [-0.39, 0.29) is 6.01 Å². The van der Waals surface area contributed by atoms with Crippen molar-refractivity contribution in [3.05, 3.63) is 42.1 Å². The molecule has 0 aliphatic heterocycles. The summed E-state index contributed by atoms with van der Waals surface area (Å²) in [5.41, 5.74) is 1.14. The predicted octanol–water partition coefficient (Wildman–Crippen LogP) is 2.39. The molecule has 100 valence electrons. The summed E-state index contributed by atoms with van der Waals surface area (Å²) in [7, 11) is 1.90. The van der Waals surface area contributed by atoms with Gasteiger partial charge in [-0.1, -0.05) is 12.1 Å². The topological polar surface area (TPSA) is 56.3 Å². The fourth-order valence-corrected chi connectivity index (χ4v) is 1.63. The van der Waals surface area contributed by atoms with Gasteiger partial charge in [0.1, 0.15) is 5.75 Å². The van der Waals surface area contributed by atoms with Gasteiger partial charge in [0.25, 0.3) is 0 Å². The molecule has 0 atom stereocenters. The van der Waals surface area contributed by atoms with Crippen LogP contribution < -0.4 is 14.8 Å². The Morgan fingerprint density at radius 1 is 1.26 bits per heavy atom. The summed E-state index contributed by atoms with van der Waals surface area (Å²) in [6, 6.07) is 9.78. The SMILES string of the molecule is CCOc1ccnc(Oc2cccc(CNC)c2)n1. The Labute approximate surface area is 112 Å². The number of benzene rings is 1. The molecule has 0 unspecified atom stereocenters. The van der Waals surface area contributed by atoms with Gasteiger partial charge in [-0.2, -0.15) is 4.98 Å². The first-order valence-electron chi connectivity index (χ1n) is 6.19. The summed E-state index contributed by atoms with van der Waals surface area (Å²) in [6.45, 7) is 3.26. The largest absolute Gasteiger partial charge is 0.478 e. The molecule has 0 saturated heterocycles. The zero-order chi connectivity index (χ0) is 13.5. The third-order valence-electron chi connectivity index (χ3n) is 2.39. The van der Waals surface area contributed by atoms with Crippen molar-refractivity contribution < 1.29 is 9.47 Å². The molecule has 19 heavy (non-hydrogen) atoms. The van der Waals surface area contributed by atoms with Crippen molar-refractivity contribution in [1.82, 2.24) is 15.3 Å². The molecule has 2 rings (SSSR count). The van der Waals surface area contributed by atoms with Crippen LogP contribution in [0.15, 0.2) is 36.5 Å². The Balaban J connectivity index is 2.11. The zero-order valence-corrected chi connectivity index (χ0v) is 11.1. The highest BCUT2D eigenvalue weighted by molar-refractivity contribution is 5.30. The van der Waals surface area contributed by atoms with E-state index in [1.165, 1.54) is 0 Å². The van der Waals surface area contributed by atoms with Crippen LogP contribution in [0.5, 0.6) is 17.6 Å². The van der Waals surface area contributed by atoms with Gasteiger partial charge in [-0.3, -0.25) is 0 Å². The maximum absolute atomic E-state index is 5.62. The first-order chi connectivity index (χ1) is 9.31. The standard InChI is InChI=1S/C14H17N3O2/c1-3-18-13-7-8-16-14(17-13)19-12-6-4-5-11(9-12)10-15-2/h4-9,15H,3,10H2,1-2H3. The van der Waals surface area contributed by atoms with Gasteiger partial charge in [-0.25, -0.2) is 4.98 Å². The lowest BCUT2D eigenvalue weighted by Crippen LogP contribution is -2.04. The molecule has 0 bridgehead atoms. The van der Waals surface area contributed by atoms with E-state index in [1.807, 2.05) is 38.2 Å². The summed E-state index contributed by atoms with van der Waals surface area (Å²) in [5, 5.41) is 3.09. The maximum atomic E-state index is 5.62. The van der Waals surface area contributed by atoms with Gasteiger partial charge in [0, 0.05) is 18.8 Å². The van der Waals surface area contributed by atoms with Crippen molar-refractivity contribution in [2.45, 2.75) is 13.5 Å². The lowest BCUT2D eigenvalue weighted by Gasteiger charge is -2.07. The number of nitrogens with zero attached hydrogens (tertiary/aromatic N) is 2. The zero-order valence-electron chi connectivity index (χ0n) is 11.1. The van der Waals surface area contributed by atoms with Crippen LogP contribution in [-0.2, 0) is 6.54 Å². The van der Waals surface area contributed by atoms with Gasteiger partial charge in [-0.15, -0.1) is 0 Å². The van der Waals surface area contributed by atoms with E-state index in [0.29, 0.717) is 18.2 Å². The Morgan fingerprint density at radius 2 is 2.16 bits per heavy atom. The third-order valence-corrected chi connectivity index (χ3v) is 2.39. The van der Waals surface area contributed by atoms with E-state index in [2.05, 4.69) is 15.3 Å². The van der Waals surface area contributed by atoms with Crippen LogP contribution in [0.3, 0.4) is 0 Å². The van der Waals surface area contributed by atoms with Crippen molar-refractivity contribution in [3.8, 4) is 17.6 Å². The lowest BCUT2D eigenvalue weighted by molar-refractivity contribution is 0.318. The quantitative estimate of drug-likeness (QED) is 0.863. The Hall–Kier alpha value is -2.14. The number of rotatable bonds is 6. The molecule has 1 aromatic carbocycles. The summed E-state index contributed by atoms with van der Waals surface area (Å²) in [5.74, 6) is 1.22. The Morgan fingerprint density at radius 3 is 2.95 bits per heavy atom. The van der Waals surface area contributed by atoms with Crippen LogP contribution in [0.1, 0.15) is 12.5 Å². The van der Waals surface area contributed by atoms with Gasteiger partial charge in [0.05, 0.1) is 6.61 Å².